The van der Waals surface area contributed by atoms with Crippen molar-refractivity contribution in [2.24, 2.45) is 0 Å². The van der Waals surface area contributed by atoms with Gasteiger partial charge in [-0.2, -0.15) is 0 Å². The summed E-state index contributed by atoms with van der Waals surface area (Å²) >= 11 is 1.49. The van der Waals surface area contributed by atoms with Crippen molar-refractivity contribution in [2.45, 2.75) is 19.8 Å². The third-order valence-corrected chi connectivity index (χ3v) is 5.85. The molecular formula is C20H14N6S. The monoisotopic (exact) mass is 370 g/mol. The zero-order valence-electron chi connectivity index (χ0n) is 14.7. The minimum atomic E-state index is 0.447. The molecule has 0 spiro atoms. The van der Waals surface area contributed by atoms with Gasteiger partial charge in [0, 0.05) is 5.39 Å². The van der Waals surface area contributed by atoms with Gasteiger partial charge in [-0.15, -0.1) is 10.2 Å². The Hall–Kier alpha value is -3.19. The van der Waals surface area contributed by atoms with Crippen LogP contribution in [0, 0.1) is 0 Å². The molecule has 7 heteroatoms. The van der Waals surface area contributed by atoms with E-state index in [-0.39, 0.29) is 0 Å². The Bertz CT molecular complexity index is 1460. The van der Waals surface area contributed by atoms with Gasteiger partial charge in [-0.3, -0.25) is 0 Å². The van der Waals surface area contributed by atoms with Crippen molar-refractivity contribution < 1.29 is 0 Å². The number of aromatic nitrogens is 6. The van der Waals surface area contributed by atoms with Gasteiger partial charge in [0.1, 0.15) is 5.69 Å². The molecule has 6 rings (SSSR count). The van der Waals surface area contributed by atoms with E-state index in [1.165, 1.54) is 16.9 Å². The van der Waals surface area contributed by atoms with Gasteiger partial charge in [-0.1, -0.05) is 43.4 Å². The van der Waals surface area contributed by atoms with Gasteiger partial charge >= 0.3 is 0 Å². The van der Waals surface area contributed by atoms with Crippen LogP contribution in [0.15, 0.2) is 42.5 Å². The Morgan fingerprint density at radius 1 is 0.889 bits per heavy atom. The summed E-state index contributed by atoms with van der Waals surface area (Å²) in [6.45, 7) is 4.37. The second-order valence-electron chi connectivity index (χ2n) is 6.98. The molecule has 2 aromatic carbocycles. The van der Waals surface area contributed by atoms with E-state index in [0.29, 0.717) is 5.92 Å². The number of hydrogen-bond acceptors (Lipinski definition) is 6. The molecule has 0 saturated carbocycles. The number of rotatable bonds is 1. The molecule has 0 unspecified atom stereocenters. The van der Waals surface area contributed by atoms with Gasteiger partial charge in [0.2, 0.25) is 4.96 Å². The molecule has 0 aliphatic carbocycles. The summed E-state index contributed by atoms with van der Waals surface area (Å²) < 4.78 is 1.98. The average molecular weight is 370 g/mol. The molecule has 0 N–H and O–H groups in total. The number of thiazole rings is 1. The van der Waals surface area contributed by atoms with Gasteiger partial charge in [0.15, 0.2) is 16.3 Å². The Morgan fingerprint density at radius 3 is 2.52 bits per heavy atom. The quantitative estimate of drug-likeness (QED) is 0.421. The molecule has 0 saturated heterocycles. The zero-order valence-corrected chi connectivity index (χ0v) is 15.5. The lowest BCUT2D eigenvalue weighted by Gasteiger charge is -2.04. The molecule has 0 radical (unpaired) electrons. The highest BCUT2D eigenvalue weighted by Gasteiger charge is 2.22. The second-order valence-corrected chi connectivity index (χ2v) is 7.93. The van der Waals surface area contributed by atoms with Crippen LogP contribution in [0.5, 0.6) is 0 Å². The number of benzene rings is 2. The van der Waals surface area contributed by atoms with E-state index in [0.717, 1.165) is 48.9 Å². The normalized spacial score (nSPS) is 12.4. The van der Waals surface area contributed by atoms with E-state index in [9.17, 15) is 0 Å². The Kier molecular flexibility index (Phi) is 2.86. The predicted octanol–water partition coefficient (Wildman–Crippen LogP) is 4.66. The summed E-state index contributed by atoms with van der Waals surface area (Å²) in [4.78, 5) is 16.0. The summed E-state index contributed by atoms with van der Waals surface area (Å²) in [6, 6.07) is 14.3. The van der Waals surface area contributed by atoms with Gasteiger partial charge in [-0.25, -0.2) is 19.4 Å². The van der Waals surface area contributed by atoms with Crippen LogP contribution in [0.1, 0.15) is 25.3 Å². The summed E-state index contributed by atoms with van der Waals surface area (Å²) in [5.41, 5.74) is 5.52. The average Bonchev–Trinajstić information content (AvgIpc) is 3.22. The highest BCUT2D eigenvalue weighted by molar-refractivity contribution is 7.23. The van der Waals surface area contributed by atoms with E-state index in [2.05, 4.69) is 42.2 Å². The van der Waals surface area contributed by atoms with Crippen LogP contribution in [0.4, 0.5) is 0 Å². The maximum absolute atomic E-state index is 4.85. The van der Waals surface area contributed by atoms with E-state index in [1.807, 2.05) is 28.7 Å². The Labute approximate surface area is 157 Å². The fourth-order valence-corrected chi connectivity index (χ4v) is 4.39. The van der Waals surface area contributed by atoms with Crippen LogP contribution in [0.2, 0.25) is 0 Å². The van der Waals surface area contributed by atoms with Crippen molar-refractivity contribution in [3.63, 3.8) is 0 Å². The SMILES string of the molecule is CC(C)c1ccc2nc3n4c(nnc-3c2c1)sc1nc2ccccc2nc14. The summed E-state index contributed by atoms with van der Waals surface area (Å²) in [6.07, 6.45) is 0. The van der Waals surface area contributed by atoms with Crippen LogP contribution >= 0.6 is 11.3 Å². The van der Waals surface area contributed by atoms with Crippen LogP contribution < -0.4 is 0 Å². The molecule has 2 aliphatic rings. The number of hydrogen-bond donors (Lipinski definition) is 0. The van der Waals surface area contributed by atoms with Gasteiger partial charge in [0.05, 0.1) is 16.6 Å². The first kappa shape index (κ1) is 14.9. The number of fused-ring (bicyclic) bond motifs is 8. The molecule has 4 heterocycles. The van der Waals surface area contributed by atoms with Crippen molar-refractivity contribution in [1.29, 1.82) is 0 Å². The first-order chi connectivity index (χ1) is 13.2. The molecule has 27 heavy (non-hydrogen) atoms. The van der Waals surface area contributed by atoms with Gasteiger partial charge < -0.3 is 0 Å². The van der Waals surface area contributed by atoms with Crippen molar-refractivity contribution in [3.05, 3.63) is 48.0 Å². The van der Waals surface area contributed by atoms with E-state index in [4.69, 9.17) is 15.0 Å². The molecule has 0 amide bonds. The van der Waals surface area contributed by atoms with Crippen LogP contribution in [0.3, 0.4) is 0 Å². The first-order valence-electron chi connectivity index (χ1n) is 8.83. The predicted molar refractivity (Wildman–Crippen MR) is 107 cm³/mol. The van der Waals surface area contributed by atoms with Crippen molar-refractivity contribution in [2.75, 3.05) is 0 Å². The molecular weight excluding hydrogens is 356 g/mol. The van der Waals surface area contributed by atoms with Crippen molar-refractivity contribution >= 4 is 48.7 Å². The third-order valence-electron chi connectivity index (χ3n) is 4.94. The molecule has 4 aromatic rings. The molecule has 130 valence electrons. The lowest BCUT2D eigenvalue weighted by atomic mass is 10.0. The molecule has 2 aromatic heterocycles. The molecule has 0 bridgehead atoms. The van der Waals surface area contributed by atoms with Crippen LogP contribution in [-0.2, 0) is 0 Å². The van der Waals surface area contributed by atoms with Gasteiger partial charge in [0.25, 0.3) is 0 Å². The van der Waals surface area contributed by atoms with Crippen molar-refractivity contribution in [1.82, 2.24) is 29.5 Å². The fourth-order valence-electron chi connectivity index (χ4n) is 3.50. The van der Waals surface area contributed by atoms with E-state index < -0.39 is 0 Å². The van der Waals surface area contributed by atoms with Crippen LogP contribution in [-0.4, -0.2) is 29.5 Å². The Balaban J connectivity index is 1.74. The lowest BCUT2D eigenvalue weighted by molar-refractivity contribution is 0.868. The lowest BCUT2D eigenvalue weighted by Crippen LogP contribution is -1.99. The maximum atomic E-state index is 4.85. The summed E-state index contributed by atoms with van der Waals surface area (Å²) in [7, 11) is 0. The molecule has 6 nitrogen and oxygen atoms in total. The minimum absolute atomic E-state index is 0.447. The highest BCUT2D eigenvalue weighted by Crippen LogP contribution is 2.34. The fraction of sp³-hybridized carbons (Fsp3) is 0.150. The maximum Gasteiger partial charge on any atom is 0.220 e. The number of nitrogens with zero attached hydrogens (tertiary/aromatic N) is 6. The second kappa shape index (κ2) is 5.17. The number of para-hydroxylation sites is 2. The first-order valence-corrected chi connectivity index (χ1v) is 9.64. The summed E-state index contributed by atoms with van der Waals surface area (Å²) in [5, 5.41) is 9.96. The molecule has 0 atom stereocenters. The standard InChI is InChI=1S/C20H14N6S/c1-10(2)11-7-8-13-12(9-11)16-17(21-13)26-18-19(27-20(26)25-24-16)23-15-6-4-3-5-14(15)22-18/h3-10H,1-2H3. The van der Waals surface area contributed by atoms with Crippen LogP contribution in [0.25, 0.3) is 48.9 Å². The van der Waals surface area contributed by atoms with Gasteiger partial charge in [-0.05, 0) is 35.7 Å². The van der Waals surface area contributed by atoms with E-state index >= 15 is 0 Å². The smallest absolute Gasteiger partial charge is 0.220 e. The topological polar surface area (TPSA) is 68.9 Å². The van der Waals surface area contributed by atoms with Crippen molar-refractivity contribution in [3.8, 4) is 11.5 Å². The summed E-state index contributed by atoms with van der Waals surface area (Å²) in [5.74, 6) is 1.23. The highest BCUT2D eigenvalue weighted by atomic mass is 32.1. The minimum Gasteiger partial charge on any atom is -0.248 e. The Morgan fingerprint density at radius 2 is 1.70 bits per heavy atom. The zero-order chi connectivity index (χ0) is 18.1. The van der Waals surface area contributed by atoms with E-state index in [1.54, 1.807) is 0 Å². The third kappa shape index (κ3) is 2.03. The molecule has 0 fully saturated rings. The largest absolute Gasteiger partial charge is 0.248 e. The molecule has 2 aliphatic heterocycles.